The van der Waals surface area contributed by atoms with Crippen LogP contribution in [0.4, 0.5) is 0 Å². The van der Waals surface area contributed by atoms with Crippen molar-refractivity contribution in [2.75, 3.05) is 26.7 Å². The minimum absolute atomic E-state index is 0.00218. The van der Waals surface area contributed by atoms with Gasteiger partial charge in [0.15, 0.2) is 0 Å². The quantitative estimate of drug-likeness (QED) is 0.795. The Hall–Kier alpha value is -2.41. The van der Waals surface area contributed by atoms with Crippen LogP contribution in [-0.4, -0.2) is 55.4 Å². The molecule has 3 amide bonds. The molecular weight excluding hydrogens is 334 g/mol. The van der Waals surface area contributed by atoms with Gasteiger partial charge in [-0.2, -0.15) is 0 Å². The first kappa shape index (κ1) is 19.9. The van der Waals surface area contributed by atoms with E-state index in [0.29, 0.717) is 24.4 Å². The Morgan fingerprint density at radius 2 is 1.77 bits per heavy atom. The van der Waals surface area contributed by atoms with Crippen molar-refractivity contribution in [3.63, 3.8) is 0 Å². The zero-order valence-electron chi connectivity index (χ0n) is 15.6. The smallest absolute Gasteiger partial charge is 0.257 e. The van der Waals surface area contributed by atoms with E-state index >= 15 is 0 Å². The van der Waals surface area contributed by atoms with Crippen molar-refractivity contribution in [1.82, 2.24) is 15.5 Å². The van der Waals surface area contributed by atoms with E-state index in [9.17, 15) is 14.4 Å². The largest absolute Gasteiger partial charge is 0.497 e. The number of rotatable bonds is 6. The predicted octanol–water partition coefficient (Wildman–Crippen LogP) is 1.19. The van der Waals surface area contributed by atoms with Gasteiger partial charge in [-0.1, -0.05) is 0 Å². The van der Waals surface area contributed by atoms with Crippen molar-refractivity contribution >= 4 is 17.7 Å². The van der Waals surface area contributed by atoms with Gasteiger partial charge in [-0.05, 0) is 64.0 Å². The summed E-state index contributed by atoms with van der Waals surface area (Å²) in [7, 11) is 1.55. The Bertz CT molecular complexity index is 635. The third kappa shape index (κ3) is 5.84. The number of hydrogen-bond donors (Lipinski definition) is 2. The predicted molar refractivity (Wildman–Crippen MR) is 97.9 cm³/mol. The lowest BCUT2D eigenvalue weighted by molar-refractivity contribution is -0.127. The number of amides is 3. The van der Waals surface area contributed by atoms with Crippen molar-refractivity contribution in [2.24, 2.45) is 5.92 Å². The summed E-state index contributed by atoms with van der Waals surface area (Å²) < 4.78 is 5.04. The highest BCUT2D eigenvalue weighted by Crippen LogP contribution is 2.17. The average molecular weight is 361 g/mol. The Morgan fingerprint density at radius 3 is 2.31 bits per heavy atom. The Labute approximate surface area is 154 Å². The lowest BCUT2D eigenvalue weighted by Crippen LogP contribution is -2.46. The van der Waals surface area contributed by atoms with Gasteiger partial charge in [-0.3, -0.25) is 24.6 Å². The van der Waals surface area contributed by atoms with E-state index in [1.54, 1.807) is 31.4 Å². The van der Waals surface area contributed by atoms with Crippen LogP contribution >= 0.6 is 0 Å². The monoisotopic (exact) mass is 361 g/mol. The van der Waals surface area contributed by atoms with Crippen LogP contribution in [0.25, 0.3) is 0 Å². The number of likely N-dealkylation sites (tertiary alicyclic amines) is 1. The molecule has 1 aromatic rings. The molecule has 2 N–H and O–H groups in total. The van der Waals surface area contributed by atoms with E-state index in [4.69, 9.17) is 4.74 Å². The summed E-state index contributed by atoms with van der Waals surface area (Å²) in [6.45, 7) is 5.37. The third-order valence-corrected chi connectivity index (χ3v) is 4.36. The first-order valence-corrected chi connectivity index (χ1v) is 8.90. The molecule has 142 valence electrons. The summed E-state index contributed by atoms with van der Waals surface area (Å²) in [5.74, 6) is -0.0339. The standard InChI is InChI=1S/C19H27N3O4/c1-13(2)20-18(24)15-8-10-22(11-9-15)12-17(23)21-19(25)14-4-6-16(26-3)7-5-14/h4-7,13,15H,8-12H2,1-3H3,(H,20,24)(H,21,23,25). The van der Waals surface area contributed by atoms with Crippen LogP contribution in [0.15, 0.2) is 24.3 Å². The van der Waals surface area contributed by atoms with Gasteiger partial charge in [0.2, 0.25) is 11.8 Å². The van der Waals surface area contributed by atoms with E-state index in [0.717, 1.165) is 12.8 Å². The lowest BCUT2D eigenvalue weighted by Gasteiger charge is -2.31. The fourth-order valence-electron chi connectivity index (χ4n) is 2.94. The van der Waals surface area contributed by atoms with Crippen molar-refractivity contribution in [1.29, 1.82) is 0 Å². The molecule has 1 saturated heterocycles. The first-order chi connectivity index (χ1) is 12.4. The van der Waals surface area contributed by atoms with Gasteiger partial charge in [0.1, 0.15) is 5.75 Å². The molecule has 1 aromatic carbocycles. The van der Waals surface area contributed by atoms with Crippen LogP contribution in [0.1, 0.15) is 37.0 Å². The van der Waals surface area contributed by atoms with Gasteiger partial charge in [-0.25, -0.2) is 0 Å². The van der Waals surface area contributed by atoms with Gasteiger partial charge in [0, 0.05) is 17.5 Å². The number of piperidine rings is 1. The van der Waals surface area contributed by atoms with Gasteiger partial charge in [0.25, 0.3) is 5.91 Å². The first-order valence-electron chi connectivity index (χ1n) is 8.90. The summed E-state index contributed by atoms with van der Waals surface area (Å²) in [6, 6.07) is 6.70. The zero-order valence-corrected chi connectivity index (χ0v) is 15.6. The summed E-state index contributed by atoms with van der Waals surface area (Å²) >= 11 is 0. The second-order valence-corrected chi connectivity index (χ2v) is 6.82. The van der Waals surface area contributed by atoms with Gasteiger partial charge in [-0.15, -0.1) is 0 Å². The molecule has 2 rings (SSSR count). The van der Waals surface area contributed by atoms with Crippen molar-refractivity contribution in [3.8, 4) is 5.75 Å². The molecule has 0 unspecified atom stereocenters. The van der Waals surface area contributed by atoms with Crippen LogP contribution in [-0.2, 0) is 9.59 Å². The van der Waals surface area contributed by atoms with E-state index in [1.165, 1.54) is 0 Å². The topological polar surface area (TPSA) is 87.7 Å². The molecule has 0 spiro atoms. The SMILES string of the molecule is COc1ccc(C(=O)NC(=O)CN2CCC(C(=O)NC(C)C)CC2)cc1. The number of nitrogens with one attached hydrogen (secondary N) is 2. The fraction of sp³-hybridized carbons (Fsp3) is 0.526. The third-order valence-electron chi connectivity index (χ3n) is 4.36. The number of hydrogen-bond acceptors (Lipinski definition) is 5. The van der Waals surface area contributed by atoms with E-state index in [2.05, 4.69) is 10.6 Å². The van der Waals surface area contributed by atoms with Gasteiger partial charge >= 0.3 is 0 Å². The van der Waals surface area contributed by atoms with Crippen molar-refractivity contribution in [3.05, 3.63) is 29.8 Å². The van der Waals surface area contributed by atoms with Crippen LogP contribution in [0, 0.1) is 5.92 Å². The maximum absolute atomic E-state index is 12.1. The maximum Gasteiger partial charge on any atom is 0.257 e. The number of imide groups is 1. The van der Waals surface area contributed by atoms with Crippen LogP contribution in [0.2, 0.25) is 0 Å². The highest BCUT2D eigenvalue weighted by Gasteiger charge is 2.26. The minimum Gasteiger partial charge on any atom is -0.497 e. The normalized spacial score (nSPS) is 15.5. The summed E-state index contributed by atoms with van der Waals surface area (Å²) in [6.07, 6.45) is 1.44. The number of carbonyl (C=O) groups excluding carboxylic acids is 3. The molecule has 0 atom stereocenters. The summed E-state index contributed by atoms with van der Waals surface area (Å²) in [5, 5.41) is 5.33. The zero-order chi connectivity index (χ0) is 19.1. The van der Waals surface area contributed by atoms with E-state index < -0.39 is 5.91 Å². The Morgan fingerprint density at radius 1 is 1.15 bits per heavy atom. The number of ether oxygens (including phenoxy) is 1. The molecule has 0 aliphatic carbocycles. The molecule has 1 aliphatic rings. The highest BCUT2D eigenvalue weighted by atomic mass is 16.5. The Kier molecular flexibility index (Phi) is 7.15. The molecular formula is C19H27N3O4. The van der Waals surface area contributed by atoms with Gasteiger partial charge < -0.3 is 10.1 Å². The number of nitrogens with zero attached hydrogens (tertiary/aromatic N) is 1. The van der Waals surface area contributed by atoms with Crippen LogP contribution in [0.3, 0.4) is 0 Å². The molecule has 1 aliphatic heterocycles. The second kappa shape index (κ2) is 9.33. The molecule has 1 fully saturated rings. The molecule has 0 saturated carbocycles. The summed E-state index contributed by atoms with van der Waals surface area (Å²) in [4.78, 5) is 38.2. The fourth-order valence-corrected chi connectivity index (χ4v) is 2.94. The molecule has 26 heavy (non-hydrogen) atoms. The van der Waals surface area contributed by atoms with Crippen LogP contribution in [0.5, 0.6) is 5.75 Å². The van der Waals surface area contributed by atoms with Crippen LogP contribution < -0.4 is 15.4 Å². The van der Waals surface area contributed by atoms with Crippen molar-refractivity contribution in [2.45, 2.75) is 32.7 Å². The number of carbonyl (C=O) groups is 3. The molecule has 0 bridgehead atoms. The lowest BCUT2D eigenvalue weighted by atomic mass is 9.95. The molecule has 7 heteroatoms. The Balaban J connectivity index is 1.76. The number of methoxy groups -OCH3 is 1. The molecule has 1 heterocycles. The van der Waals surface area contributed by atoms with Crippen molar-refractivity contribution < 1.29 is 19.1 Å². The van der Waals surface area contributed by atoms with Gasteiger partial charge in [0.05, 0.1) is 13.7 Å². The average Bonchev–Trinajstić information content (AvgIpc) is 2.61. The highest BCUT2D eigenvalue weighted by molar-refractivity contribution is 6.05. The summed E-state index contributed by atoms with van der Waals surface area (Å²) in [5.41, 5.74) is 0.406. The molecule has 7 nitrogen and oxygen atoms in total. The van der Waals surface area contributed by atoms with E-state index in [-0.39, 0.29) is 30.3 Å². The molecule has 0 aromatic heterocycles. The molecule has 0 radical (unpaired) electrons. The minimum atomic E-state index is -0.427. The van der Waals surface area contributed by atoms with E-state index in [1.807, 2.05) is 18.7 Å². The second-order valence-electron chi connectivity index (χ2n) is 6.82. The number of benzene rings is 1. The maximum atomic E-state index is 12.1.